The Morgan fingerprint density at radius 3 is 2.59 bits per heavy atom. The molecule has 3 aromatic carbocycles. The van der Waals surface area contributed by atoms with Gasteiger partial charge in [0.2, 0.25) is 5.91 Å². The van der Waals surface area contributed by atoms with Crippen molar-refractivity contribution in [1.29, 1.82) is 0 Å². The Kier molecular flexibility index (Phi) is 4.48. The van der Waals surface area contributed by atoms with Gasteiger partial charge in [0.15, 0.2) is 0 Å². The highest BCUT2D eigenvalue weighted by atomic mass is 16.2. The number of rotatable bonds is 4. The number of nitrogens with one attached hydrogen (secondary N) is 2. The van der Waals surface area contributed by atoms with Crippen LogP contribution in [0.25, 0.3) is 21.7 Å². The van der Waals surface area contributed by atoms with Crippen molar-refractivity contribution in [3.8, 4) is 0 Å². The van der Waals surface area contributed by atoms with Gasteiger partial charge in [-0.05, 0) is 47.5 Å². The average Bonchev–Trinajstić information content (AvgIpc) is 3.27. The molecule has 4 aromatic rings. The second-order valence-corrected chi connectivity index (χ2v) is 8.22. The SMILES string of the molecule is Cn1ccc2c(NC(=O)CN3C(=O)NC(C)(c4ccc5ccccc5c4)C3=O)cccc21. The van der Waals surface area contributed by atoms with Crippen LogP contribution in [0.15, 0.2) is 72.9 Å². The maximum Gasteiger partial charge on any atom is 0.325 e. The number of hydrogen-bond donors (Lipinski definition) is 2. The van der Waals surface area contributed by atoms with Crippen molar-refractivity contribution in [1.82, 2.24) is 14.8 Å². The molecule has 1 aliphatic heterocycles. The molecule has 1 saturated heterocycles. The fraction of sp³-hybridized carbons (Fsp3) is 0.160. The van der Waals surface area contributed by atoms with Crippen molar-refractivity contribution in [3.05, 3.63) is 78.5 Å². The zero-order valence-electron chi connectivity index (χ0n) is 17.8. The summed E-state index contributed by atoms with van der Waals surface area (Å²) < 4.78 is 1.96. The first kappa shape index (κ1) is 19.8. The number of carbonyl (C=O) groups excluding carboxylic acids is 3. The summed E-state index contributed by atoms with van der Waals surface area (Å²) in [5.41, 5.74) is 1.05. The maximum atomic E-state index is 13.2. The maximum absolute atomic E-state index is 13.2. The molecule has 0 bridgehead atoms. The minimum Gasteiger partial charge on any atom is -0.350 e. The Balaban J connectivity index is 1.38. The summed E-state index contributed by atoms with van der Waals surface area (Å²) in [7, 11) is 1.93. The lowest BCUT2D eigenvalue weighted by Gasteiger charge is -2.22. The van der Waals surface area contributed by atoms with Crippen molar-refractivity contribution in [3.63, 3.8) is 0 Å². The molecule has 2 heterocycles. The molecule has 0 aliphatic carbocycles. The van der Waals surface area contributed by atoms with E-state index in [1.54, 1.807) is 13.0 Å². The summed E-state index contributed by atoms with van der Waals surface area (Å²) >= 11 is 0. The highest BCUT2D eigenvalue weighted by Crippen LogP contribution is 2.31. The monoisotopic (exact) mass is 426 g/mol. The number of benzene rings is 3. The van der Waals surface area contributed by atoms with Gasteiger partial charge in [-0.2, -0.15) is 0 Å². The van der Waals surface area contributed by atoms with E-state index in [1.807, 2.05) is 78.5 Å². The topological polar surface area (TPSA) is 83.4 Å². The predicted molar refractivity (Wildman–Crippen MR) is 123 cm³/mol. The van der Waals surface area contributed by atoms with Gasteiger partial charge in [-0.15, -0.1) is 0 Å². The minimum absolute atomic E-state index is 0.364. The third-order valence-electron chi connectivity index (χ3n) is 6.11. The molecule has 1 fully saturated rings. The normalized spacial score (nSPS) is 18.4. The Morgan fingerprint density at radius 2 is 1.78 bits per heavy atom. The van der Waals surface area contributed by atoms with E-state index in [4.69, 9.17) is 0 Å². The van der Waals surface area contributed by atoms with Crippen molar-refractivity contribution < 1.29 is 14.4 Å². The lowest BCUT2D eigenvalue weighted by molar-refractivity contribution is -0.133. The van der Waals surface area contributed by atoms with E-state index in [0.29, 0.717) is 11.3 Å². The van der Waals surface area contributed by atoms with Crippen LogP contribution in [0, 0.1) is 0 Å². The molecule has 5 rings (SSSR count). The first-order valence-corrected chi connectivity index (χ1v) is 10.3. The lowest BCUT2D eigenvalue weighted by atomic mass is 9.90. The molecule has 0 spiro atoms. The van der Waals surface area contributed by atoms with Gasteiger partial charge in [0.25, 0.3) is 5.91 Å². The molecule has 1 atom stereocenters. The second kappa shape index (κ2) is 7.23. The van der Waals surface area contributed by atoms with Crippen LogP contribution in [0.4, 0.5) is 10.5 Å². The van der Waals surface area contributed by atoms with E-state index in [-0.39, 0.29) is 6.54 Å². The van der Waals surface area contributed by atoms with E-state index < -0.39 is 23.4 Å². The van der Waals surface area contributed by atoms with Crippen LogP contribution >= 0.6 is 0 Å². The van der Waals surface area contributed by atoms with Gasteiger partial charge in [-0.1, -0.05) is 42.5 Å². The standard InChI is InChI=1S/C25H22N4O3/c1-25(18-11-10-16-6-3-4-7-17(16)14-18)23(31)29(24(32)27-25)15-22(30)26-20-8-5-9-21-19(20)12-13-28(21)2/h3-14H,15H2,1-2H3,(H,26,30)(H,27,32). The van der Waals surface area contributed by atoms with Crippen LogP contribution in [0.1, 0.15) is 12.5 Å². The minimum atomic E-state index is -1.24. The number of aryl methyl sites for hydroxylation is 1. The molecule has 0 saturated carbocycles. The molecule has 1 aliphatic rings. The summed E-state index contributed by atoms with van der Waals surface area (Å²) in [4.78, 5) is 39.6. The number of amides is 4. The number of imide groups is 1. The Morgan fingerprint density at radius 1 is 1.00 bits per heavy atom. The molecule has 7 nitrogen and oxygen atoms in total. The lowest BCUT2D eigenvalue weighted by Crippen LogP contribution is -2.42. The summed E-state index contributed by atoms with van der Waals surface area (Å²) in [5, 5.41) is 8.51. The summed E-state index contributed by atoms with van der Waals surface area (Å²) in [6.07, 6.45) is 1.91. The average molecular weight is 426 g/mol. The zero-order valence-corrected chi connectivity index (χ0v) is 17.8. The molecule has 1 aromatic heterocycles. The largest absolute Gasteiger partial charge is 0.350 e. The molecule has 7 heteroatoms. The zero-order chi connectivity index (χ0) is 22.5. The highest BCUT2D eigenvalue weighted by molar-refractivity contribution is 6.11. The van der Waals surface area contributed by atoms with Crippen LogP contribution in [-0.4, -0.2) is 33.9 Å². The molecular weight excluding hydrogens is 404 g/mol. The van der Waals surface area contributed by atoms with Crippen LogP contribution in [0.5, 0.6) is 0 Å². The van der Waals surface area contributed by atoms with Crippen LogP contribution < -0.4 is 10.6 Å². The summed E-state index contributed by atoms with van der Waals surface area (Å²) in [5.74, 6) is -0.890. The van der Waals surface area contributed by atoms with Gasteiger partial charge < -0.3 is 15.2 Å². The van der Waals surface area contributed by atoms with Crippen molar-refractivity contribution in [2.24, 2.45) is 7.05 Å². The quantitative estimate of drug-likeness (QED) is 0.488. The van der Waals surface area contributed by atoms with Gasteiger partial charge in [0.05, 0.1) is 5.69 Å². The Labute approximate surface area is 184 Å². The molecule has 1 unspecified atom stereocenters. The Bertz CT molecular complexity index is 1410. The smallest absolute Gasteiger partial charge is 0.325 e. The van der Waals surface area contributed by atoms with Gasteiger partial charge >= 0.3 is 6.03 Å². The van der Waals surface area contributed by atoms with Crippen molar-refractivity contribution >= 4 is 45.2 Å². The fourth-order valence-electron chi connectivity index (χ4n) is 4.28. The van der Waals surface area contributed by atoms with Crippen LogP contribution in [-0.2, 0) is 22.2 Å². The third-order valence-corrected chi connectivity index (χ3v) is 6.11. The van der Waals surface area contributed by atoms with Crippen LogP contribution in [0.3, 0.4) is 0 Å². The highest BCUT2D eigenvalue weighted by Gasteiger charge is 2.49. The fourth-order valence-corrected chi connectivity index (χ4v) is 4.28. The number of urea groups is 1. The summed E-state index contributed by atoms with van der Waals surface area (Å²) in [6, 6.07) is 20.4. The predicted octanol–water partition coefficient (Wildman–Crippen LogP) is 3.74. The molecule has 4 amide bonds. The first-order valence-electron chi connectivity index (χ1n) is 10.3. The van der Waals surface area contributed by atoms with Gasteiger partial charge in [0.1, 0.15) is 12.1 Å². The van der Waals surface area contributed by atoms with Crippen molar-refractivity contribution in [2.75, 3.05) is 11.9 Å². The van der Waals surface area contributed by atoms with Gasteiger partial charge in [-0.3, -0.25) is 14.5 Å². The summed E-state index contributed by atoms with van der Waals surface area (Å²) in [6.45, 7) is 1.30. The molecule has 32 heavy (non-hydrogen) atoms. The molecule has 2 N–H and O–H groups in total. The molecule has 0 radical (unpaired) electrons. The number of anilines is 1. The van der Waals surface area contributed by atoms with E-state index in [9.17, 15) is 14.4 Å². The van der Waals surface area contributed by atoms with E-state index >= 15 is 0 Å². The van der Waals surface area contributed by atoms with Crippen LogP contribution in [0.2, 0.25) is 0 Å². The van der Waals surface area contributed by atoms with E-state index in [2.05, 4.69) is 10.6 Å². The second-order valence-electron chi connectivity index (χ2n) is 8.22. The number of hydrogen-bond acceptors (Lipinski definition) is 3. The van der Waals surface area contributed by atoms with E-state index in [1.165, 1.54) is 0 Å². The first-order chi connectivity index (χ1) is 15.4. The van der Waals surface area contributed by atoms with E-state index in [0.717, 1.165) is 26.6 Å². The third kappa shape index (κ3) is 3.10. The van der Waals surface area contributed by atoms with Gasteiger partial charge in [0, 0.05) is 24.1 Å². The molecule has 160 valence electrons. The Hall–Kier alpha value is -4.13. The number of nitrogens with zero attached hydrogens (tertiary/aromatic N) is 2. The number of fused-ring (bicyclic) bond motifs is 2. The number of aromatic nitrogens is 1. The van der Waals surface area contributed by atoms with Gasteiger partial charge in [-0.25, -0.2) is 4.79 Å². The van der Waals surface area contributed by atoms with Crippen molar-refractivity contribution in [2.45, 2.75) is 12.5 Å². The number of carbonyl (C=O) groups is 3. The molecular formula is C25H22N4O3.